The first-order valence-corrected chi connectivity index (χ1v) is 11.6. The molecular weight excluding hydrogens is 500 g/mol. The zero-order valence-electron chi connectivity index (χ0n) is 19.1. The predicted molar refractivity (Wildman–Crippen MR) is 119 cm³/mol. The van der Waals surface area contributed by atoms with Crippen LogP contribution in [-0.2, 0) is 42.9 Å². The van der Waals surface area contributed by atoms with E-state index in [4.69, 9.17) is 23.7 Å². The van der Waals surface area contributed by atoms with Gasteiger partial charge in [-0.3, -0.25) is 19.2 Å². The molecule has 1 aliphatic heterocycles. The predicted octanol–water partition coefficient (Wildman–Crippen LogP) is 2.99. The highest BCUT2D eigenvalue weighted by Crippen LogP contribution is 2.45. The van der Waals surface area contributed by atoms with Crippen molar-refractivity contribution < 1.29 is 42.9 Å². The summed E-state index contributed by atoms with van der Waals surface area (Å²) in [5.74, 6) is -6.52. The lowest BCUT2D eigenvalue weighted by atomic mass is 9.72. The molecule has 0 radical (unpaired) electrons. The lowest BCUT2D eigenvalue weighted by Gasteiger charge is -2.43. The quantitative estimate of drug-likeness (QED) is 0.352. The molecule has 1 aliphatic rings. The molecule has 0 aliphatic carbocycles. The third-order valence-corrected chi connectivity index (χ3v) is 5.62. The second kappa shape index (κ2) is 12.7. The van der Waals surface area contributed by atoms with Crippen LogP contribution in [0, 0.1) is 17.8 Å². The maximum absolute atomic E-state index is 13.2. The second-order valence-electron chi connectivity index (χ2n) is 7.29. The smallest absolute Gasteiger partial charge is 0.312 e. The average molecular weight is 529 g/mol. The Bertz CT molecular complexity index is 856. The minimum absolute atomic E-state index is 0.0391. The van der Waals surface area contributed by atoms with Gasteiger partial charge in [-0.05, 0) is 38.5 Å². The number of hydrogen-bond donors (Lipinski definition) is 0. The Morgan fingerprint density at radius 2 is 1.39 bits per heavy atom. The molecule has 0 N–H and O–H groups in total. The van der Waals surface area contributed by atoms with Crippen molar-refractivity contribution in [1.29, 1.82) is 0 Å². The third kappa shape index (κ3) is 6.77. The van der Waals surface area contributed by atoms with E-state index in [1.54, 1.807) is 45.0 Å². The van der Waals surface area contributed by atoms with E-state index in [-0.39, 0.29) is 26.4 Å². The maximum Gasteiger partial charge on any atom is 0.312 e. The molecule has 0 unspecified atom stereocenters. The molecule has 0 spiro atoms. The molecule has 0 aromatic heterocycles. The molecule has 0 bridgehead atoms. The summed E-state index contributed by atoms with van der Waals surface area (Å²) < 4.78 is 27.8. The van der Waals surface area contributed by atoms with Gasteiger partial charge in [0.25, 0.3) is 0 Å². The van der Waals surface area contributed by atoms with Crippen molar-refractivity contribution in [2.75, 3.05) is 26.4 Å². The van der Waals surface area contributed by atoms with Crippen LogP contribution in [0.2, 0.25) is 0 Å². The van der Waals surface area contributed by atoms with E-state index in [0.717, 1.165) is 4.47 Å². The van der Waals surface area contributed by atoms with Gasteiger partial charge in [-0.1, -0.05) is 28.1 Å². The largest absolute Gasteiger partial charge is 0.466 e. The molecule has 5 atom stereocenters. The van der Waals surface area contributed by atoms with E-state index in [1.165, 1.54) is 6.92 Å². The lowest BCUT2D eigenvalue weighted by Crippen LogP contribution is -2.55. The molecule has 1 aromatic rings. The van der Waals surface area contributed by atoms with Crippen molar-refractivity contribution in [3.05, 3.63) is 34.3 Å². The van der Waals surface area contributed by atoms with Gasteiger partial charge >= 0.3 is 23.9 Å². The van der Waals surface area contributed by atoms with Crippen LogP contribution in [0.1, 0.15) is 39.4 Å². The number of rotatable bonds is 9. The molecule has 33 heavy (non-hydrogen) atoms. The fourth-order valence-corrected chi connectivity index (χ4v) is 4.31. The lowest BCUT2D eigenvalue weighted by molar-refractivity contribution is -0.211. The number of hydrogen-bond acceptors (Lipinski definition) is 9. The highest BCUT2D eigenvalue weighted by Gasteiger charge is 2.57. The summed E-state index contributed by atoms with van der Waals surface area (Å²) in [5.41, 5.74) is 0.576. The fourth-order valence-electron chi connectivity index (χ4n) is 3.89. The van der Waals surface area contributed by atoms with E-state index >= 15 is 0 Å². The Morgan fingerprint density at radius 1 is 0.848 bits per heavy atom. The summed E-state index contributed by atoms with van der Waals surface area (Å²) in [5, 5.41) is 0. The molecule has 0 saturated carbocycles. The maximum atomic E-state index is 13.2. The summed E-state index contributed by atoms with van der Waals surface area (Å²) in [6.07, 6.45) is -2.03. The van der Waals surface area contributed by atoms with E-state index in [2.05, 4.69) is 15.9 Å². The monoisotopic (exact) mass is 528 g/mol. The van der Waals surface area contributed by atoms with Gasteiger partial charge in [0.15, 0.2) is 0 Å². The highest BCUT2D eigenvalue weighted by atomic mass is 79.9. The molecule has 0 amide bonds. The highest BCUT2D eigenvalue weighted by molar-refractivity contribution is 9.10. The SMILES string of the molecule is CCOC(=O)[C@H]1[C@@H](C(=O)OCC)[C@H](COC(C)=O)O[C@@H](c2cccc(Br)c2)[C@@H]1C(=O)OCC. The summed E-state index contributed by atoms with van der Waals surface area (Å²) in [6.45, 7) is 5.94. The van der Waals surface area contributed by atoms with Gasteiger partial charge in [0, 0.05) is 11.4 Å². The second-order valence-corrected chi connectivity index (χ2v) is 8.20. The molecule has 2 rings (SSSR count). The first-order chi connectivity index (χ1) is 15.7. The number of halogens is 1. The van der Waals surface area contributed by atoms with Crippen molar-refractivity contribution in [3.8, 4) is 0 Å². The number of carbonyl (C=O) groups is 4. The van der Waals surface area contributed by atoms with Gasteiger partial charge in [0.2, 0.25) is 0 Å². The van der Waals surface area contributed by atoms with Crippen molar-refractivity contribution >= 4 is 39.8 Å². The van der Waals surface area contributed by atoms with E-state index < -0.39 is 53.8 Å². The van der Waals surface area contributed by atoms with Gasteiger partial charge < -0.3 is 23.7 Å². The van der Waals surface area contributed by atoms with Crippen LogP contribution in [0.25, 0.3) is 0 Å². The minimum atomic E-state index is -1.28. The normalized spacial score (nSPS) is 24.5. The van der Waals surface area contributed by atoms with Gasteiger partial charge in [0.1, 0.15) is 24.5 Å². The molecule has 182 valence electrons. The molecule has 1 saturated heterocycles. The van der Waals surface area contributed by atoms with Gasteiger partial charge in [-0.15, -0.1) is 0 Å². The molecule has 1 aromatic carbocycles. The fraction of sp³-hybridized carbons (Fsp3) is 0.565. The van der Waals surface area contributed by atoms with Crippen molar-refractivity contribution in [3.63, 3.8) is 0 Å². The van der Waals surface area contributed by atoms with E-state index in [0.29, 0.717) is 5.56 Å². The van der Waals surface area contributed by atoms with E-state index in [9.17, 15) is 19.2 Å². The summed E-state index contributed by atoms with van der Waals surface area (Å²) in [6, 6.07) is 7.03. The first kappa shape index (κ1) is 26.8. The van der Waals surface area contributed by atoms with Crippen LogP contribution in [0.3, 0.4) is 0 Å². The topological polar surface area (TPSA) is 114 Å². The van der Waals surface area contributed by atoms with Crippen LogP contribution in [-0.4, -0.2) is 56.4 Å². The Morgan fingerprint density at radius 3 is 1.91 bits per heavy atom. The Labute approximate surface area is 201 Å². The molecule has 1 fully saturated rings. The van der Waals surface area contributed by atoms with Gasteiger partial charge in [-0.2, -0.15) is 0 Å². The summed E-state index contributed by atoms with van der Waals surface area (Å²) >= 11 is 3.40. The number of ether oxygens (including phenoxy) is 5. The van der Waals surface area contributed by atoms with Crippen molar-refractivity contribution in [1.82, 2.24) is 0 Å². The standard InChI is InChI=1S/C23H29BrO9/c1-5-29-21(26)17-16(12-32-13(4)25)33-20(14-9-8-10-15(24)11-14)19(23(28)31-7-3)18(17)22(27)30-6-2/h8-11,16-20H,5-7,12H2,1-4H3/t16-,17-,18-,19+,20-/m0/s1. The Balaban J connectivity index is 2.66. The van der Waals surface area contributed by atoms with Crippen LogP contribution >= 0.6 is 15.9 Å². The van der Waals surface area contributed by atoms with Crippen LogP contribution in [0.5, 0.6) is 0 Å². The Hall–Kier alpha value is -2.46. The Kier molecular flexibility index (Phi) is 10.3. The zero-order valence-corrected chi connectivity index (χ0v) is 20.7. The van der Waals surface area contributed by atoms with Crippen LogP contribution in [0.4, 0.5) is 0 Å². The first-order valence-electron chi connectivity index (χ1n) is 10.8. The molecule has 9 nitrogen and oxygen atoms in total. The summed E-state index contributed by atoms with van der Waals surface area (Å²) in [4.78, 5) is 50.8. The van der Waals surface area contributed by atoms with Crippen LogP contribution < -0.4 is 0 Å². The van der Waals surface area contributed by atoms with Crippen molar-refractivity contribution in [2.45, 2.75) is 39.9 Å². The minimum Gasteiger partial charge on any atom is -0.466 e. The van der Waals surface area contributed by atoms with Gasteiger partial charge in [0.05, 0.1) is 31.8 Å². The average Bonchev–Trinajstić information content (AvgIpc) is 2.76. The molecular formula is C23H29BrO9. The number of esters is 4. The number of carbonyl (C=O) groups excluding carboxylic acids is 4. The molecule has 10 heteroatoms. The zero-order chi connectivity index (χ0) is 24.5. The van der Waals surface area contributed by atoms with E-state index in [1.807, 2.05) is 0 Å². The number of benzene rings is 1. The molecule has 1 heterocycles. The third-order valence-electron chi connectivity index (χ3n) is 5.13. The van der Waals surface area contributed by atoms with Crippen molar-refractivity contribution in [2.24, 2.45) is 17.8 Å². The van der Waals surface area contributed by atoms with Crippen LogP contribution in [0.15, 0.2) is 28.7 Å². The van der Waals surface area contributed by atoms with Gasteiger partial charge in [-0.25, -0.2) is 0 Å². The summed E-state index contributed by atoms with van der Waals surface area (Å²) in [7, 11) is 0.